The largest absolute Gasteiger partial charge is 0.481 e. The SMILES string of the molecule is O=C(O)C(C1CCC1)C1CCCS1. The minimum atomic E-state index is -0.552. The Morgan fingerprint density at radius 3 is 2.46 bits per heavy atom. The Morgan fingerprint density at radius 1 is 1.31 bits per heavy atom. The summed E-state index contributed by atoms with van der Waals surface area (Å²) in [4.78, 5) is 11.1. The number of carboxylic acid groups (broad SMARTS) is 1. The number of rotatable bonds is 3. The minimum Gasteiger partial charge on any atom is -0.481 e. The molecule has 0 aromatic heterocycles. The predicted molar refractivity (Wildman–Crippen MR) is 53.9 cm³/mol. The summed E-state index contributed by atoms with van der Waals surface area (Å²) in [7, 11) is 0. The molecule has 1 saturated heterocycles. The molecule has 2 nitrogen and oxygen atoms in total. The first kappa shape index (κ1) is 9.38. The van der Waals surface area contributed by atoms with E-state index in [1.807, 2.05) is 11.8 Å². The lowest BCUT2D eigenvalue weighted by atomic mass is 9.74. The van der Waals surface area contributed by atoms with Crippen LogP contribution in [0.4, 0.5) is 0 Å². The number of aliphatic carboxylic acids is 1. The van der Waals surface area contributed by atoms with E-state index in [2.05, 4.69) is 0 Å². The van der Waals surface area contributed by atoms with Crippen molar-refractivity contribution < 1.29 is 9.90 Å². The molecule has 2 fully saturated rings. The molecule has 2 aliphatic rings. The maximum atomic E-state index is 11.1. The van der Waals surface area contributed by atoms with Crippen molar-refractivity contribution in [3.63, 3.8) is 0 Å². The van der Waals surface area contributed by atoms with E-state index in [9.17, 15) is 4.79 Å². The van der Waals surface area contributed by atoms with Crippen molar-refractivity contribution in [1.82, 2.24) is 0 Å². The van der Waals surface area contributed by atoms with Crippen LogP contribution in [0.1, 0.15) is 32.1 Å². The van der Waals surface area contributed by atoms with Crippen LogP contribution in [0.5, 0.6) is 0 Å². The van der Waals surface area contributed by atoms with Crippen LogP contribution in [0.25, 0.3) is 0 Å². The Bertz CT molecular complexity index is 195. The van der Waals surface area contributed by atoms with E-state index in [-0.39, 0.29) is 5.92 Å². The summed E-state index contributed by atoms with van der Waals surface area (Å²) in [5.74, 6) is 1.07. The zero-order valence-corrected chi connectivity index (χ0v) is 8.55. The number of hydrogen-bond donors (Lipinski definition) is 1. The number of carboxylic acids is 1. The molecule has 1 aliphatic heterocycles. The first-order chi connectivity index (χ1) is 6.29. The number of thioether (sulfide) groups is 1. The molecule has 0 amide bonds. The molecule has 1 heterocycles. The molecule has 0 bridgehead atoms. The monoisotopic (exact) mass is 200 g/mol. The molecule has 0 aromatic carbocycles. The van der Waals surface area contributed by atoms with E-state index in [4.69, 9.17) is 5.11 Å². The first-order valence-corrected chi connectivity index (χ1v) is 6.18. The van der Waals surface area contributed by atoms with Gasteiger partial charge in [-0.15, -0.1) is 0 Å². The van der Waals surface area contributed by atoms with Gasteiger partial charge < -0.3 is 5.11 Å². The van der Waals surface area contributed by atoms with Crippen LogP contribution in [-0.2, 0) is 4.79 Å². The molecular formula is C10H16O2S. The van der Waals surface area contributed by atoms with Crippen LogP contribution in [-0.4, -0.2) is 22.1 Å². The van der Waals surface area contributed by atoms with Crippen molar-refractivity contribution in [3.05, 3.63) is 0 Å². The van der Waals surface area contributed by atoms with E-state index in [0.29, 0.717) is 11.2 Å². The third kappa shape index (κ3) is 1.85. The van der Waals surface area contributed by atoms with Gasteiger partial charge in [0.15, 0.2) is 0 Å². The fourth-order valence-electron chi connectivity index (χ4n) is 2.35. The van der Waals surface area contributed by atoms with Crippen molar-refractivity contribution in [2.45, 2.75) is 37.4 Å². The highest BCUT2D eigenvalue weighted by atomic mass is 32.2. The highest BCUT2D eigenvalue weighted by Crippen LogP contribution is 2.42. The normalized spacial score (nSPS) is 31.2. The smallest absolute Gasteiger partial charge is 0.307 e. The maximum absolute atomic E-state index is 11.1. The Balaban J connectivity index is 1.98. The molecule has 0 radical (unpaired) electrons. The molecule has 2 rings (SSSR count). The van der Waals surface area contributed by atoms with Crippen LogP contribution in [0, 0.1) is 11.8 Å². The maximum Gasteiger partial charge on any atom is 0.307 e. The standard InChI is InChI=1S/C10H16O2S/c11-10(12)9(7-3-1-4-7)8-5-2-6-13-8/h7-9H,1-6H2,(H,11,12). The van der Waals surface area contributed by atoms with Gasteiger partial charge in [0.2, 0.25) is 0 Å². The molecule has 0 spiro atoms. The Hall–Kier alpha value is -0.180. The summed E-state index contributed by atoms with van der Waals surface area (Å²) in [5, 5.41) is 9.57. The second-order valence-electron chi connectivity index (χ2n) is 4.11. The molecule has 13 heavy (non-hydrogen) atoms. The highest BCUT2D eigenvalue weighted by molar-refractivity contribution is 8.00. The van der Waals surface area contributed by atoms with E-state index >= 15 is 0 Å². The summed E-state index contributed by atoms with van der Waals surface area (Å²) < 4.78 is 0. The van der Waals surface area contributed by atoms with Crippen LogP contribution < -0.4 is 0 Å². The quantitative estimate of drug-likeness (QED) is 0.760. The lowest BCUT2D eigenvalue weighted by Gasteiger charge is -2.34. The molecule has 1 aliphatic carbocycles. The van der Waals surface area contributed by atoms with E-state index in [0.717, 1.165) is 19.3 Å². The summed E-state index contributed by atoms with van der Waals surface area (Å²) in [6, 6.07) is 0. The highest BCUT2D eigenvalue weighted by Gasteiger charge is 2.39. The zero-order valence-electron chi connectivity index (χ0n) is 7.74. The van der Waals surface area contributed by atoms with Crippen molar-refractivity contribution in [2.75, 3.05) is 5.75 Å². The summed E-state index contributed by atoms with van der Waals surface area (Å²) in [5.41, 5.74) is 0. The molecule has 1 N–H and O–H groups in total. The van der Waals surface area contributed by atoms with E-state index in [1.165, 1.54) is 18.6 Å². The molecule has 1 saturated carbocycles. The molecular weight excluding hydrogens is 184 g/mol. The second kappa shape index (κ2) is 3.91. The summed E-state index contributed by atoms with van der Waals surface area (Å²) in [6.07, 6.45) is 5.87. The van der Waals surface area contributed by atoms with Crippen LogP contribution in [0.2, 0.25) is 0 Å². The van der Waals surface area contributed by atoms with E-state index in [1.54, 1.807) is 0 Å². The number of carbonyl (C=O) groups is 1. The van der Waals surface area contributed by atoms with E-state index < -0.39 is 5.97 Å². The van der Waals surface area contributed by atoms with Gasteiger partial charge in [-0.2, -0.15) is 11.8 Å². The van der Waals surface area contributed by atoms with Crippen molar-refractivity contribution >= 4 is 17.7 Å². The van der Waals surface area contributed by atoms with Gasteiger partial charge in [-0.25, -0.2) is 0 Å². The van der Waals surface area contributed by atoms with Crippen LogP contribution in [0.3, 0.4) is 0 Å². The van der Waals surface area contributed by atoms with Gasteiger partial charge in [-0.05, 0) is 37.4 Å². The van der Waals surface area contributed by atoms with Gasteiger partial charge in [0.25, 0.3) is 0 Å². The lowest BCUT2D eigenvalue weighted by Crippen LogP contribution is -2.35. The fraction of sp³-hybridized carbons (Fsp3) is 0.900. The van der Waals surface area contributed by atoms with Crippen molar-refractivity contribution in [1.29, 1.82) is 0 Å². The van der Waals surface area contributed by atoms with Gasteiger partial charge >= 0.3 is 5.97 Å². The number of hydrogen-bond acceptors (Lipinski definition) is 2. The van der Waals surface area contributed by atoms with Gasteiger partial charge in [-0.1, -0.05) is 6.42 Å². The van der Waals surface area contributed by atoms with Gasteiger partial charge in [-0.3, -0.25) is 4.79 Å². The zero-order chi connectivity index (χ0) is 9.26. The molecule has 0 aromatic rings. The average Bonchev–Trinajstić information content (AvgIpc) is 2.46. The Morgan fingerprint density at radius 2 is 2.08 bits per heavy atom. The van der Waals surface area contributed by atoms with Gasteiger partial charge in [0.1, 0.15) is 0 Å². The second-order valence-corrected chi connectivity index (χ2v) is 5.45. The minimum absolute atomic E-state index is 0.0405. The summed E-state index contributed by atoms with van der Waals surface area (Å²) in [6.45, 7) is 0. The average molecular weight is 200 g/mol. The van der Waals surface area contributed by atoms with Gasteiger partial charge in [0, 0.05) is 5.25 Å². The lowest BCUT2D eigenvalue weighted by molar-refractivity contribution is -0.144. The molecule has 3 heteroatoms. The molecule has 2 atom stereocenters. The molecule has 2 unspecified atom stereocenters. The van der Waals surface area contributed by atoms with Crippen LogP contribution in [0.15, 0.2) is 0 Å². The fourth-order valence-corrected chi connectivity index (χ4v) is 3.86. The third-order valence-electron chi connectivity index (χ3n) is 3.31. The Labute approximate surface area is 83.1 Å². The van der Waals surface area contributed by atoms with Crippen molar-refractivity contribution in [2.24, 2.45) is 11.8 Å². The Kier molecular flexibility index (Phi) is 2.82. The van der Waals surface area contributed by atoms with Crippen molar-refractivity contribution in [3.8, 4) is 0 Å². The van der Waals surface area contributed by atoms with Crippen LogP contribution >= 0.6 is 11.8 Å². The molecule has 74 valence electrons. The summed E-state index contributed by atoms with van der Waals surface area (Å²) >= 11 is 1.88. The third-order valence-corrected chi connectivity index (χ3v) is 4.79. The topological polar surface area (TPSA) is 37.3 Å². The predicted octanol–water partition coefficient (Wildman–Crippen LogP) is 2.38. The first-order valence-electron chi connectivity index (χ1n) is 5.13. The van der Waals surface area contributed by atoms with Gasteiger partial charge in [0.05, 0.1) is 5.92 Å².